The van der Waals surface area contributed by atoms with Gasteiger partial charge in [-0.1, -0.05) is 0 Å². The summed E-state index contributed by atoms with van der Waals surface area (Å²) in [5.74, 6) is 0.0573. The van der Waals surface area contributed by atoms with Crippen molar-refractivity contribution in [2.24, 2.45) is 0 Å². The molecular formula is C26H31N7O5S2. The van der Waals surface area contributed by atoms with Crippen molar-refractivity contribution < 1.29 is 22.7 Å². The molecule has 4 fully saturated rings. The van der Waals surface area contributed by atoms with Crippen LogP contribution in [0.4, 0.5) is 5.69 Å². The van der Waals surface area contributed by atoms with Gasteiger partial charge in [-0.15, -0.1) is 11.3 Å². The maximum Gasteiger partial charge on any atom is 0.280 e. The molecule has 212 valence electrons. The maximum absolute atomic E-state index is 13.4. The predicted octanol–water partition coefficient (Wildman–Crippen LogP) is 2.63. The Balaban J connectivity index is 1.23. The van der Waals surface area contributed by atoms with E-state index < -0.39 is 16.1 Å². The van der Waals surface area contributed by atoms with Crippen LogP contribution < -0.4 is 14.8 Å². The predicted molar refractivity (Wildman–Crippen MR) is 149 cm³/mol. The molecule has 3 aromatic rings. The Hall–Kier alpha value is -3.20. The first-order valence-electron chi connectivity index (χ1n) is 13.4. The van der Waals surface area contributed by atoms with E-state index in [4.69, 9.17) is 9.47 Å². The number of fused-ring (bicyclic) bond motifs is 3. The van der Waals surface area contributed by atoms with E-state index in [2.05, 4.69) is 34.9 Å². The number of piperidine rings is 1. The smallest absolute Gasteiger partial charge is 0.280 e. The molecule has 1 saturated carbocycles. The number of pyridine rings is 1. The molecule has 2 N–H and O–H groups in total. The summed E-state index contributed by atoms with van der Waals surface area (Å²) in [6.45, 7) is 4.30. The molecule has 6 heterocycles. The molecule has 3 atom stereocenters. The van der Waals surface area contributed by atoms with Crippen LogP contribution in [0.2, 0.25) is 0 Å². The Kier molecular flexibility index (Phi) is 7.66. The van der Waals surface area contributed by atoms with Crippen molar-refractivity contribution in [2.45, 2.75) is 56.0 Å². The lowest BCUT2D eigenvalue weighted by Gasteiger charge is -2.46. The van der Waals surface area contributed by atoms with E-state index in [-0.39, 0.29) is 28.3 Å². The Morgan fingerprint density at radius 3 is 2.83 bits per heavy atom. The fourth-order valence-electron chi connectivity index (χ4n) is 5.04. The number of nitrogens with one attached hydrogen (secondary N) is 2. The van der Waals surface area contributed by atoms with Crippen LogP contribution in [-0.2, 0) is 14.8 Å². The van der Waals surface area contributed by atoms with Gasteiger partial charge in [0.15, 0.2) is 5.01 Å². The zero-order valence-corrected chi connectivity index (χ0v) is 23.7. The number of hydrogen-bond donors (Lipinski definition) is 2. The van der Waals surface area contributed by atoms with Gasteiger partial charge in [0, 0.05) is 31.5 Å². The van der Waals surface area contributed by atoms with Crippen LogP contribution in [0.15, 0.2) is 36.9 Å². The Bertz CT molecular complexity index is 1470. The number of hydrogen-bond acceptors (Lipinski definition) is 11. The normalized spacial score (nSPS) is 21.6. The third-order valence-corrected chi connectivity index (χ3v) is 10.1. The van der Waals surface area contributed by atoms with Gasteiger partial charge in [0.1, 0.15) is 5.69 Å². The summed E-state index contributed by atoms with van der Waals surface area (Å²) >= 11 is 1.21. The van der Waals surface area contributed by atoms with Crippen molar-refractivity contribution in [3.8, 4) is 16.5 Å². The first-order valence-corrected chi connectivity index (χ1v) is 15.8. The zero-order chi connectivity index (χ0) is 27.7. The van der Waals surface area contributed by atoms with Crippen molar-refractivity contribution >= 4 is 33.0 Å². The molecule has 3 aliphatic heterocycles. The molecular weight excluding hydrogens is 554 g/mol. The van der Waals surface area contributed by atoms with Crippen LogP contribution in [0.3, 0.4) is 0 Å². The molecule has 7 rings (SSSR count). The molecule has 0 unspecified atom stereocenters. The van der Waals surface area contributed by atoms with Gasteiger partial charge in [0.05, 0.1) is 59.3 Å². The average molecular weight is 586 g/mol. The molecule has 0 spiro atoms. The first-order chi connectivity index (χ1) is 19.4. The minimum atomic E-state index is -3.43. The fraction of sp³-hybridized carbons (Fsp3) is 0.500. The van der Waals surface area contributed by atoms with Crippen molar-refractivity contribution in [3.63, 3.8) is 0 Å². The third kappa shape index (κ3) is 6.09. The number of aromatic nitrogens is 4. The summed E-state index contributed by atoms with van der Waals surface area (Å²) in [4.78, 5) is 33.9. The maximum atomic E-state index is 13.4. The summed E-state index contributed by atoms with van der Waals surface area (Å²) in [6.07, 6.45) is 9.90. The third-order valence-electron chi connectivity index (χ3n) is 7.24. The molecule has 0 radical (unpaired) electrons. The summed E-state index contributed by atoms with van der Waals surface area (Å²) in [5, 5.41) is 3.03. The van der Waals surface area contributed by atoms with Gasteiger partial charge in [0.25, 0.3) is 5.91 Å². The highest BCUT2D eigenvalue weighted by Crippen LogP contribution is 2.32. The van der Waals surface area contributed by atoms with Gasteiger partial charge in [-0.05, 0) is 44.7 Å². The monoisotopic (exact) mass is 585 g/mol. The van der Waals surface area contributed by atoms with Crippen LogP contribution in [-0.4, -0.2) is 82.9 Å². The molecule has 1 aliphatic carbocycles. The lowest BCUT2D eigenvalue weighted by molar-refractivity contribution is -0.107. The van der Waals surface area contributed by atoms with Gasteiger partial charge in [-0.25, -0.2) is 18.4 Å². The van der Waals surface area contributed by atoms with Crippen LogP contribution in [0.5, 0.6) is 5.88 Å². The van der Waals surface area contributed by atoms with Crippen molar-refractivity contribution in [1.82, 2.24) is 30.2 Å². The average Bonchev–Trinajstić information content (AvgIpc) is 3.71. The van der Waals surface area contributed by atoms with E-state index in [0.717, 1.165) is 19.4 Å². The van der Waals surface area contributed by atoms with E-state index >= 15 is 0 Å². The van der Waals surface area contributed by atoms with Gasteiger partial charge in [-0.2, -0.15) is 0 Å². The molecule has 3 saturated heterocycles. The number of amides is 1. The standard InChI is InChI=1S/C26H31N7O5S2/c1-2-37-24-12-27-10-21(30-24)23-11-29-26(39-23)25(34)31-22(14-33-13-18-4-3-17(33)15-38-18)20-9-16(7-8-28-20)32-40(35,36)19-5-6-19/h7-12,17-19,22H,2-6,13-15H2,1H3,(H,28,32)(H,31,34)/t17-,18-,22+/m0/s1. The first kappa shape index (κ1) is 27.0. The second kappa shape index (κ2) is 11.4. The van der Waals surface area contributed by atoms with E-state index in [1.54, 1.807) is 30.7 Å². The molecule has 14 heteroatoms. The minimum Gasteiger partial charge on any atom is -0.477 e. The van der Waals surface area contributed by atoms with Crippen LogP contribution in [0.1, 0.15) is 54.1 Å². The van der Waals surface area contributed by atoms with Crippen LogP contribution in [0, 0.1) is 0 Å². The number of thiazole rings is 1. The Labute approximate surface area is 236 Å². The zero-order valence-electron chi connectivity index (χ0n) is 22.0. The number of carbonyl (C=O) groups excluding carboxylic acids is 1. The van der Waals surface area contributed by atoms with Gasteiger partial charge < -0.3 is 14.8 Å². The van der Waals surface area contributed by atoms with Crippen molar-refractivity contribution in [2.75, 3.05) is 31.0 Å². The second-order valence-corrected chi connectivity index (χ2v) is 13.2. The molecule has 2 bridgehead atoms. The lowest BCUT2D eigenvalue weighted by Crippen LogP contribution is -2.56. The van der Waals surface area contributed by atoms with Gasteiger partial charge >= 0.3 is 0 Å². The van der Waals surface area contributed by atoms with Gasteiger partial charge in [-0.3, -0.25) is 24.4 Å². The number of nitrogens with zero attached hydrogens (tertiary/aromatic N) is 5. The highest BCUT2D eigenvalue weighted by molar-refractivity contribution is 7.93. The molecule has 12 nitrogen and oxygen atoms in total. The highest BCUT2D eigenvalue weighted by Gasteiger charge is 2.37. The SMILES string of the molecule is CCOc1cncc(-c2cnc(C(=O)N[C@H](CN3C[C@@H]4CC[C@H]3CO4)c3cc(NS(=O)(=O)C4CC4)ccn3)s2)n1. The summed E-state index contributed by atoms with van der Waals surface area (Å²) in [6, 6.07) is 3.10. The molecule has 1 amide bonds. The number of carbonyl (C=O) groups is 1. The summed E-state index contributed by atoms with van der Waals surface area (Å²) < 4.78 is 39.1. The number of rotatable bonds is 11. The molecule has 4 aliphatic rings. The topological polar surface area (TPSA) is 149 Å². The minimum absolute atomic E-state index is 0.182. The number of morpholine rings is 1. The fourth-order valence-corrected chi connectivity index (χ4v) is 7.19. The summed E-state index contributed by atoms with van der Waals surface area (Å²) in [7, 11) is -3.43. The number of sulfonamides is 1. The van der Waals surface area contributed by atoms with Crippen LogP contribution >= 0.6 is 11.3 Å². The van der Waals surface area contributed by atoms with Crippen molar-refractivity contribution in [1.29, 1.82) is 0 Å². The quantitative estimate of drug-likeness (QED) is 0.344. The number of ether oxygens (including phenoxy) is 2. The number of anilines is 1. The summed E-state index contributed by atoms with van der Waals surface area (Å²) in [5.41, 5.74) is 1.57. The van der Waals surface area contributed by atoms with Crippen molar-refractivity contribution in [3.05, 3.63) is 47.6 Å². The van der Waals surface area contributed by atoms with E-state index in [9.17, 15) is 13.2 Å². The van der Waals surface area contributed by atoms with E-state index in [0.29, 0.717) is 60.4 Å². The van der Waals surface area contributed by atoms with Gasteiger partial charge in [0.2, 0.25) is 15.9 Å². The van der Waals surface area contributed by atoms with E-state index in [1.165, 1.54) is 17.5 Å². The van der Waals surface area contributed by atoms with Crippen LogP contribution in [0.25, 0.3) is 10.6 Å². The van der Waals surface area contributed by atoms with E-state index in [1.807, 2.05) is 6.92 Å². The lowest BCUT2D eigenvalue weighted by atomic mass is 9.96. The largest absolute Gasteiger partial charge is 0.477 e. The second-order valence-electron chi connectivity index (χ2n) is 10.2. The molecule has 40 heavy (non-hydrogen) atoms. The Morgan fingerprint density at radius 2 is 2.10 bits per heavy atom. The molecule has 0 aromatic carbocycles. The Morgan fingerprint density at radius 1 is 1.23 bits per heavy atom. The molecule has 3 aromatic heterocycles. The highest BCUT2D eigenvalue weighted by atomic mass is 32.2.